The Morgan fingerprint density at radius 1 is 1.00 bits per heavy atom. The number of ether oxygens (including phenoxy) is 1. The Hall–Kier alpha value is -1.97. The average molecular weight is 310 g/mol. The van der Waals surface area contributed by atoms with Crippen LogP contribution in [0.2, 0.25) is 13.1 Å². The molecule has 22 heavy (non-hydrogen) atoms. The van der Waals surface area contributed by atoms with Crippen molar-refractivity contribution >= 4 is 19.0 Å². The highest BCUT2D eigenvalue weighted by Crippen LogP contribution is 2.05. The van der Waals surface area contributed by atoms with Crippen molar-refractivity contribution in [2.75, 3.05) is 6.61 Å². The van der Waals surface area contributed by atoms with Gasteiger partial charge in [0.15, 0.2) is 5.78 Å². The molecule has 0 unspecified atom stereocenters. The number of rotatable bonds is 7. The summed E-state index contributed by atoms with van der Waals surface area (Å²) >= 11 is 0. The van der Waals surface area contributed by atoms with E-state index in [-0.39, 0.29) is 12.4 Å². The van der Waals surface area contributed by atoms with Crippen LogP contribution in [0, 0.1) is 0 Å². The van der Waals surface area contributed by atoms with Crippen LogP contribution in [0.1, 0.15) is 5.56 Å². The van der Waals surface area contributed by atoms with Crippen LogP contribution in [0.15, 0.2) is 72.4 Å². The van der Waals surface area contributed by atoms with Crippen molar-refractivity contribution in [2.45, 2.75) is 19.7 Å². The summed E-state index contributed by atoms with van der Waals surface area (Å²) in [6.07, 6.45) is 1.68. The second kappa shape index (κ2) is 7.87. The largest absolute Gasteiger partial charge is 0.369 e. The average Bonchev–Trinajstić information content (AvgIpc) is 2.55. The maximum Gasteiger partial charge on any atom is 0.180 e. The van der Waals surface area contributed by atoms with Gasteiger partial charge in [-0.1, -0.05) is 84.6 Å². The van der Waals surface area contributed by atoms with E-state index in [4.69, 9.17) is 4.74 Å². The SMILES string of the molecule is C[Si](C)(/C=C\C(=O)COCc1ccccc1)c1ccccc1. The Labute approximate surface area is 133 Å². The number of ketones is 1. The third kappa shape index (κ3) is 5.10. The Bertz CT molecular complexity index is 618. The monoisotopic (exact) mass is 310 g/mol. The Morgan fingerprint density at radius 2 is 1.59 bits per heavy atom. The topological polar surface area (TPSA) is 26.3 Å². The molecule has 0 saturated heterocycles. The predicted octanol–water partition coefficient (Wildman–Crippen LogP) is 3.48. The van der Waals surface area contributed by atoms with Crippen LogP contribution in [0.25, 0.3) is 0 Å². The molecule has 2 rings (SSSR count). The second-order valence-corrected chi connectivity index (χ2v) is 10.2. The number of benzene rings is 2. The van der Waals surface area contributed by atoms with Crippen LogP contribution >= 0.6 is 0 Å². The number of hydrogen-bond donors (Lipinski definition) is 0. The maximum atomic E-state index is 11.9. The fourth-order valence-electron chi connectivity index (χ4n) is 2.16. The van der Waals surface area contributed by atoms with Crippen molar-refractivity contribution in [3.8, 4) is 0 Å². The normalized spacial score (nSPS) is 11.7. The third-order valence-corrected chi connectivity index (χ3v) is 6.38. The van der Waals surface area contributed by atoms with Gasteiger partial charge in [0.1, 0.15) is 14.7 Å². The number of hydrogen-bond acceptors (Lipinski definition) is 2. The molecular formula is C19H22O2Si. The third-order valence-electron chi connectivity index (χ3n) is 3.56. The zero-order valence-corrected chi connectivity index (χ0v) is 14.2. The van der Waals surface area contributed by atoms with Gasteiger partial charge in [-0.25, -0.2) is 0 Å². The van der Waals surface area contributed by atoms with Gasteiger partial charge in [0.25, 0.3) is 0 Å². The van der Waals surface area contributed by atoms with E-state index in [0.717, 1.165) is 5.56 Å². The van der Waals surface area contributed by atoms with Crippen molar-refractivity contribution < 1.29 is 9.53 Å². The highest BCUT2D eigenvalue weighted by Gasteiger charge is 2.19. The minimum absolute atomic E-state index is 0.0208. The summed E-state index contributed by atoms with van der Waals surface area (Å²) in [5.74, 6) is 0.0208. The summed E-state index contributed by atoms with van der Waals surface area (Å²) in [4.78, 5) is 11.9. The van der Waals surface area contributed by atoms with Crippen molar-refractivity contribution in [1.82, 2.24) is 0 Å². The van der Waals surface area contributed by atoms with Crippen LogP contribution in [-0.2, 0) is 16.1 Å². The molecule has 114 valence electrons. The van der Waals surface area contributed by atoms with Gasteiger partial charge in [0.2, 0.25) is 0 Å². The quantitative estimate of drug-likeness (QED) is 0.578. The minimum Gasteiger partial charge on any atom is -0.369 e. The molecule has 0 heterocycles. The molecular weight excluding hydrogens is 288 g/mol. The molecule has 0 fully saturated rings. The smallest absolute Gasteiger partial charge is 0.180 e. The van der Waals surface area contributed by atoms with Crippen LogP contribution in [0.4, 0.5) is 0 Å². The van der Waals surface area contributed by atoms with E-state index in [1.54, 1.807) is 6.08 Å². The lowest BCUT2D eigenvalue weighted by molar-refractivity contribution is -0.119. The van der Waals surface area contributed by atoms with Crippen LogP contribution in [-0.4, -0.2) is 20.5 Å². The zero-order valence-electron chi connectivity index (χ0n) is 13.2. The van der Waals surface area contributed by atoms with E-state index < -0.39 is 8.07 Å². The molecule has 0 spiro atoms. The van der Waals surface area contributed by atoms with E-state index in [1.807, 2.05) is 48.5 Å². The summed E-state index contributed by atoms with van der Waals surface area (Å²) in [5.41, 5.74) is 3.16. The summed E-state index contributed by atoms with van der Waals surface area (Å²) in [6, 6.07) is 20.2. The standard InChI is InChI=1S/C19H22O2Si/c1-22(2,19-11-7-4-8-12-19)14-13-18(20)16-21-15-17-9-5-3-6-10-17/h3-14H,15-16H2,1-2H3/b14-13-. The minimum atomic E-state index is -1.70. The summed E-state index contributed by atoms with van der Waals surface area (Å²) in [5, 5.41) is 1.32. The van der Waals surface area contributed by atoms with Gasteiger partial charge in [0, 0.05) is 0 Å². The van der Waals surface area contributed by atoms with Crippen molar-refractivity contribution in [1.29, 1.82) is 0 Å². The molecule has 0 aliphatic rings. The second-order valence-electron chi connectivity index (χ2n) is 5.87. The summed E-state index contributed by atoms with van der Waals surface area (Å²) in [7, 11) is -1.70. The van der Waals surface area contributed by atoms with Gasteiger partial charge >= 0.3 is 0 Å². The molecule has 0 radical (unpaired) electrons. The van der Waals surface area contributed by atoms with E-state index in [2.05, 4.69) is 30.9 Å². The van der Waals surface area contributed by atoms with Crippen molar-refractivity contribution in [3.63, 3.8) is 0 Å². The molecule has 0 bridgehead atoms. The fourth-order valence-corrected chi connectivity index (χ4v) is 4.00. The molecule has 0 saturated carbocycles. The Balaban J connectivity index is 1.83. The maximum absolute atomic E-state index is 11.9. The molecule has 0 atom stereocenters. The Morgan fingerprint density at radius 3 is 2.23 bits per heavy atom. The first kappa shape index (κ1) is 16.4. The van der Waals surface area contributed by atoms with E-state index in [1.165, 1.54) is 5.19 Å². The Kier molecular flexibility index (Phi) is 5.87. The van der Waals surface area contributed by atoms with Gasteiger partial charge in [-0.05, 0) is 11.6 Å². The lowest BCUT2D eigenvalue weighted by atomic mass is 10.2. The van der Waals surface area contributed by atoms with E-state index in [9.17, 15) is 4.79 Å². The van der Waals surface area contributed by atoms with E-state index >= 15 is 0 Å². The van der Waals surface area contributed by atoms with Gasteiger partial charge in [-0.3, -0.25) is 4.79 Å². The first-order valence-corrected chi connectivity index (χ1v) is 10.5. The molecule has 0 aliphatic heterocycles. The molecule has 2 nitrogen and oxygen atoms in total. The first-order valence-electron chi connectivity index (χ1n) is 7.47. The predicted molar refractivity (Wildman–Crippen MR) is 93.8 cm³/mol. The van der Waals surface area contributed by atoms with Gasteiger partial charge in [-0.2, -0.15) is 0 Å². The molecule has 0 aromatic heterocycles. The highest BCUT2D eigenvalue weighted by molar-refractivity contribution is 6.94. The summed E-state index contributed by atoms with van der Waals surface area (Å²) < 4.78 is 5.47. The van der Waals surface area contributed by atoms with Gasteiger partial charge < -0.3 is 4.74 Å². The lowest BCUT2D eigenvalue weighted by Gasteiger charge is -2.17. The van der Waals surface area contributed by atoms with Crippen molar-refractivity contribution in [2.24, 2.45) is 0 Å². The molecule has 0 aliphatic carbocycles. The van der Waals surface area contributed by atoms with Crippen LogP contribution in [0.5, 0.6) is 0 Å². The highest BCUT2D eigenvalue weighted by atomic mass is 28.3. The van der Waals surface area contributed by atoms with Crippen LogP contribution < -0.4 is 5.19 Å². The lowest BCUT2D eigenvalue weighted by Crippen LogP contribution is -2.39. The molecule has 0 amide bonds. The summed E-state index contributed by atoms with van der Waals surface area (Å²) in [6.45, 7) is 5.07. The zero-order chi connectivity index (χ0) is 15.8. The van der Waals surface area contributed by atoms with Crippen molar-refractivity contribution in [3.05, 3.63) is 78.0 Å². The molecule has 0 N–H and O–H groups in total. The molecule has 2 aromatic rings. The number of carbonyl (C=O) groups excluding carboxylic acids is 1. The fraction of sp³-hybridized carbons (Fsp3) is 0.211. The van der Waals surface area contributed by atoms with E-state index in [0.29, 0.717) is 6.61 Å². The molecule has 3 heteroatoms. The first-order chi connectivity index (χ1) is 10.6. The van der Waals surface area contributed by atoms with Crippen LogP contribution in [0.3, 0.4) is 0 Å². The molecule has 2 aromatic carbocycles. The number of carbonyl (C=O) groups is 1. The van der Waals surface area contributed by atoms with Gasteiger partial charge in [-0.15, -0.1) is 0 Å². The van der Waals surface area contributed by atoms with Gasteiger partial charge in [0.05, 0.1) is 6.61 Å².